The minimum absolute atomic E-state index is 0.104. The van der Waals surface area contributed by atoms with Crippen LogP contribution in [0, 0.1) is 26.6 Å². The highest BCUT2D eigenvalue weighted by Gasteiger charge is 2.43. The van der Waals surface area contributed by atoms with E-state index < -0.39 is 0 Å². The van der Waals surface area contributed by atoms with E-state index >= 15 is 0 Å². The highest BCUT2D eigenvalue weighted by Crippen LogP contribution is 2.46. The molecule has 1 fully saturated rings. The normalized spacial score (nSPS) is 18.4. The maximum atomic E-state index is 13.9. The molecule has 0 amide bonds. The van der Waals surface area contributed by atoms with Gasteiger partial charge in [-0.25, -0.2) is 4.39 Å². The summed E-state index contributed by atoms with van der Waals surface area (Å²) in [4.78, 5) is 0. The zero-order valence-corrected chi connectivity index (χ0v) is 8.95. The van der Waals surface area contributed by atoms with Crippen molar-refractivity contribution < 1.29 is 4.39 Å². The first-order chi connectivity index (χ1) is 6.46. The predicted molar refractivity (Wildman–Crippen MR) is 55.7 cm³/mol. The molecule has 0 bridgehead atoms. The van der Waals surface area contributed by atoms with Gasteiger partial charge in [0.15, 0.2) is 0 Å². The molecule has 0 aliphatic heterocycles. The summed E-state index contributed by atoms with van der Waals surface area (Å²) >= 11 is 0. The molecule has 0 atom stereocenters. The molecule has 1 aromatic rings. The van der Waals surface area contributed by atoms with Crippen LogP contribution in [-0.4, -0.2) is 0 Å². The first kappa shape index (κ1) is 9.66. The average Bonchev–Trinajstić information content (AvgIpc) is 2.81. The zero-order chi connectivity index (χ0) is 10.5. The zero-order valence-electron chi connectivity index (χ0n) is 8.95. The molecule has 14 heavy (non-hydrogen) atoms. The summed E-state index contributed by atoms with van der Waals surface area (Å²) in [6.07, 6.45) is 1.82. The lowest BCUT2D eigenvalue weighted by Gasteiger charge is -2.17. The highest BCUT2D eigenvalue weighted by atomic mass is 19.1. The van der Waals surface area contributed by atoms with Crippen molar-refractivity contribution in [1.29, 1.82) is 0 Å². The van der Waals surface area contributed by atoms with Gasteiger partial charge in [0.05, 0.1) is 0 Å². The molecule has 0 radical (unpaired) electrons. The Morgan fingerprint density at radius 3 is 2.29 bits per heavy atom. The van der Waals surface area contributed by atoms with E-state index in [1.54, 1.807) is 6.92 Å². The molecule has 0 heterocycles. The van der Waals surface area contributed by atoms with Gasteiger partial charge in [0.1, 0.15) is 5.82 Å². The van der Waals surface area contributed by atoms with Crippen molar-refractivity contribution in [2.45, 2.75) is 39.2 Å². The Hall–Kier alpha value is -0.890. The molecule has 0 unspecified atom stereocenters. The van der Waals surface area contributed by atoms with Crippen LogP contribution < -0.4 is 5.73 Å². The number of nitrogens with two attached hydrogens (primary N) is 1. The summed E-state index contributed by atoms with van der Waals surface area (Å²) in [6.45, 7) is 5.77. The SMILES string of the molecule is Cc1cc(C)c(F)c(C2(N)CC2)c1C. The topological polar surface area (TPSA) is 26.0 Å². The molecular weight excluding hydrogens is 177 g/mol. The van der Waals surface area contributed by atoms with Crippen LogP contribution in [-0.2, 0) is 5.54 Å². The number of hydrogen-bond acceptors (Lipinski definition) is 1. The number of hydrogen-bond donors (Lipinski definition) is 1. The van der Waals surface area contributed by atoms with E-state index in [4.69, 9.17) is 5.73 Å². The van der Waals surface area contributed by atoms with Crippen molar-refractivity contribution in [3.63, 3.8) is 0 Å². The van der Waals surface area contributed by atoms with E-state index in [0.29, 0.717) is 5.56 Å². The maximum Gasteiger partial charge on any atom is 0.131 e. The third-order valence-electron chi connectivity index (χ3n) is 3.25. The lowest BCUT2D eigenvalue weighted by molar-refractivity contribution is 0.566. The molecule has 0 aromatic heterocycles. The number of rotatable bonds is 1. The smallest absolute Gasteiger partial charge is 0.131 e. The monoisotopic (exact) mass is 193 g/mol. The van der Waals surface area contributed by atoms with Crippen LogP contribution >= 0.6 is 0 Å². The number of halogens is 1. The molecule has 76 valence electrons. The fraction of sp³-hybridized carbons (Fsp3) is 0.500. The quantitative estimate of drug-likeness (QED) is 0.729. The predicted octanol–water partition coefficient (Wildman–Crippen LogP) is 2.70. The van der Waals surface area contributed by atoms with Crippen molar-refractivity contribution in [2.75, 3.05) is 0 Å². The van der Waals surface area contributed by atoms with Crippen molar-refractivity contribution in [3.05, 3.63) is 34.1 Å². The Bertz CT molecular complexity index is 366. The molecular formula is C12H16FN. The summed E-state index contributed by atoms with van der Waals surface area (Å²) in [6, 6.07) is 1.89. The minimum atomic E-state index is -0.370. The Morgan fingerprint density at radius 2 is 1.79 bits per heavy atom. The largest absolute Gasteiger partial charge is 0.321 e. The van der Waals surface area contributed by atoms with E-state index in [1.165, 1.54) is 0 Å². The standard InChI is InChI=1S/C12H16FN/c1-7-6-8(2)11(13)10(9(7)3)12(14)4-5-12/h6H,4-5,14H2,1-3H3. The fourth-order valence-electron chi connectivity index (χ4n) is 2.03. The van der Waals surface area contributed by atoms with E-state index in [1.807, 2.05) is 19.9 Å². The van der Waals surface area contributed by atoms with E-state index in [2.05, 4.69) is 0 Å². The van der Waals surface area contributed by atoms with Crippen LogP contribution in [0.4, 0.5) is 4.39 Å². The molecule has 1 nitrogen and oxygen atoms in total. The molecule has 2 N–H and O–H groups in total. The van der Waals surface area contributed by atoms with Gasteiger partial charge >= 0.3 is 0 Å². The van der Waals surface area contributed by atoms with Gasteiger partial charge in [-0.3, -0.25) is 0 Å². The molecule has 1 saturated carbocycles. The molecule has 1 aliphatic carbocycles. The average molecular weight is 193 g/mol. The van der Waals surface area contributed by atoms with E-state index in [0.717, 1.165) is 29.5 Å². The van der Waals surface area contributed by atoms with Crippen LogP contribution in [0.25, 0.3) is 0 Å². The lowest BCUT2D eigenvalue weighted by atomic mass is 9.93. The van der Waals surface area contributed by atoms with Gasteiger partial charge < -0.3 is 5.73 Å². The number of benzene rings is 1. The van der Waals surface area contributed by atoms with Gasteiger partial charge in [-0.2, -0.15) is 0 Å². The summed E-state index contributed by atoms with van der Waals surface area (Å²) in [7, 11) is 0. The van der Waals surface area contributed by atoms with Gasteiger partial charge in [-0.05, 0) is 50.3 Å². The van der Waals surface area contributed by atoms with Crippen LogP contribution in [0.1, 0.15) is 35.1 Å². The molecule has 2 heteroatoms. The lowest BCUT2D eigenvalue weighted by Crippen LogP contribution is -2.23. The third kappa shape index (κ3) is 1.25. The summed E-state index contributed by atoms with van der Waals surface area (Å²) in [5, 5.41) is 0. The maximum absolute atomic E-state index is 13.9. The van der Waals surface area contributed by atoms with Crippen LogP contribution in [0.5, 0.6) is 0 Å². The first-order valence-corrected chi connectivity index (χ1v) is 5.01. The van der Waals surface area contributed by atoms with Gasteiger partial charge in [0.25, 0.3) is 0 Å². The Kier molecular flexibility index (Phi) is 1.93. The molecule has 0 saturated heterocycles. The summed E-state index contributed by atoms with van der Waals surface area (Å²) < 4.78 is 13.9. The Morgan fingerprint density at radius 1 is 1.21 bits per heavy atom. The van der Waals surface area contributed by atoms with Crippen molar-refractivity contribution in [3.8, 4) is 0 Å². The van der Waals surface area contributed by atoms with Gasteiger partial charge in [-0.1, -0.05) is 6.07 Å². The van der Waals surface area contributed by atoms with Gasteiger partial charge in [0, 0.05) is 11.1 Å². The van der Waals surface area contributed by atoms with E-state index in [9.17, 15) is 4.39 Å². The highest BCUT2D eigenvalue weighted by molar-refractivity contribution is 5.45. The molecule has 2 rings (SSSR count). The summed E-state index contributed by atoms with van der Waals surface area (Å²) in [5.74, 6) is -0.104. The van der Waals surface area contributed by atoms with Crippen LogP contribution in [0.15, 0.2) is 6.07 Å². The van der Waals surface area contributed by atoms with Crippen molar-refractivity contribution in [1.82, 2.24) is 0 Å². The number of aryl methyl sites for hydroxylation is 2. The Balaban J connectivity index is 2.68. The second-order valence-corrected chi connectivity index (χ2v) is 4.48. The van der Waals surface area contributed by atoms with E-state index in [-0.39, 0.29) is 11.4 Å². The second kappa shape index (κ2) is 2.80. The van der Waals surface area contributed by atoms with Gasteiger partial charge in [-0.15, -0.1) is 0 Å². The van der Waals surface area contributed by atoms with Crippen LogP contribution in [0.2, 0.25) is 0 Å². The summed E-state index contributed by atoms with van der Waals surface area (Å²) in [5.41, 5.74) is 9.31. The first-order valence-electron chi connectivity index (χ1n) is 5.01. The van der Waals surface area contributed by atoms with Crippen LogP contribution in [0.3, 0.4) is 0 Å². The molecule has 1 aliphatic rings. The minimum Gasteiger partial charge on any atom is -0.321 e. The molecule has 1 aromatic carbocycles. The van der Waals surface area contributed by atoms with Gasteiger partial charge in [0.2, 0.25) is 0 Å². The third-order valence-corrected chi connectivity index (χ3v) is 3.25. The second-order valence-electron chi connectivity index (χ2n) is 4.48. The molecule has 0 spiro atoms. The van der Waals surface area contributed by atoms with Crippen molar-refractivity contribution >= 4 is 0 Å². The Labute approximate surface area is 84.1 Å². The fourth-order valence-corrected chi connectivity index (χ4v) is 2.03. The van der Waals surface area contributed by atoms with Crippen molar-refractivity contribution in [2.24, 2.45) is 5.73 Å².